The lowest BCUT2D eigenvalue weighted by Crippen LogP contribution is -2.42. The summed E-state index contributed by atoms with van der Waals surface area (Å²) in [5, 5.41) is 6.40. The largest absolute Gasteiger partial charge is 0.378 e. The van der Waals surface area contributed by atoms with E-state index in [1.807, 2.05) is 43.3 Å². The summed E-state index contributed by atoms with van der Waals surface area (Å²) in [6, 6.07) is 8.02. The standard InChI is InChI=1S/C14H21N3O.ClH/c1-17(2)13-5-3-4-11(10-13)14(18)16-12-6-8-15-9-7-12;/h3-5,10,12,15H,6-9H2,1-2H3,(H,16,18);1H. The molecule has 4 nitrogen and oxygen atoms in total. The molecule has 2 N–H and O–H groups in total. The van der Waals surface area contributed by atoms with Gasteiger partial charge in [0.25, 0.3) is 5.91 Å². The van der Waals surface area contributed by atoms with Gasteiger partial charge in [-0.05, 0) is 44.1 Å². The number of rotatable bonds is 3. The van der Waals surface area contributed by atoms with Crippen LogP contribution < -0.4 is 15.5 Å². The number of carbonyl (C=O) groups excluding carboxylic acids is 1. The Balaban J connectivity index is 0.00000180. The molecule has 0 atom stereocenters. The monoisotopic (exact) mass is 283 g/mol. The Morgan fingerprint density at radius 2 is 2.00 bits per heavy atom. The second-order valence-electron chi connectivity index (χ2n) is 4.94. The molecule has 1 amide bonds. The molecule has 1 aromatic carbocycles. The van der Waals surface area contributed by atoms with Crippen LogP contribution in [0.15, 0.2) is 24.3 Å². The van der Waals surface area contributed by atoms with Gasteiger partial charge >= 0.3 is 0 Å². The molecule has 0 radical (unpaired) electrons. The first-order valence-electron chi connectivity index (χ1n) is 6.46. The Morgan fingerprint density at radius 1 is 1.32 bits per heavy atom. The van der Waals surface area contributed by atoms with Crippen molar-refractivity contribution < 1.29 is 4.79 Å². The molecule has 1 aromatic rings. The number of carbonyl (C=O) groups is 1. The van der Waals surface area contributed by atoms with Crippen molar-refractivity contribution in [3.63, 3.8) is 0 Å². The minimum absolute atomic E-state index is 0. The van der Waals surface area contributed by atoms with E-state index in [4.69, 9.17) is 0 Å². The summed E-state index contributed by atoms with van der Waals surface area (Å²) in [7, 11) is 3.95. The van der Waals surface area contributed by atoms with Crippen LogP contribution in [0.25, 0.3) is 0 Å². The third kappa shape index (κ3) is 4.40. The van der Waals surface area contributed by atoms with E-state index < -0.39 is 0 Å². The maximum Gasteiger partial charge on any atom is 0.251 e. The fraction of sp³-hybridized carbons (Fsp3) is 0.500. The number of anilines is 1. The highest BCUT2D eigenvalue weighted by Gasteiger charge is 2.16. The van der Waals surface area contributed by atoms with Crippen LogP contribution >= 0.6 is 12.4 Å². The van der Waals surface area contributed by atoms with Crippen molar-refractivity contribution in [1.82, 2.24) is 10.6 Å². The van der Waals surface area contributed by atoms with Crippen molar-refractivity contribution in [2.24, 2.45) is 0 Å². The fourth-order valence-electron chi connectivity index (χ4n) is 2.16. The van der Waals surface area contributed by atoms with Gasteiger partial charge in [-0.3, -0.25) is 4.79 Å². The van der Waals surface area contributed by atoms with Crippen LogP contribution in [0.1, 0.15) is 23.2 Å². The van der Waals surface area contributed by atoms with Gasteiger partial charge < -0.3 is 15.5 Å². The third-order valence-corrected chi connectivity index (χ3v) is 3.30. The summed E-state index contributed by atoms with van der Waals surface area (Å²) in [5.41, 5.74) is 1.78. The van der Waals surface area contributed by atoms with E-state index in [0.29, 0.717) is 6.04 Å². The van der Waals surface area contributed by atoms with Gasteiger partial charge in [0.05, 0.1) is 0 Å². The van der Waals surface area contributed by atoms with Crippen LogP contribution in [0.3, 0.4) is 0 Å². The predicted molar refractivity (Wildman–Crippen MR) is 81.4 cm³/mol. The van der Waals surface area contributed by atoms with Gasteiger partial charge in [0.2, 0.25) is 0 Å². The number of amides is 1. The van der Waals surface area contributed by atoms with Gasteiger partial charge in [0, 0.05) is 31.4 Å². The second-order valence-corrected chi connectivity index (χ2v) is 4.94. The van der Waals surface area contributed by atoms with Crippen molar-refractivity contribution in [2.75, 3.05) is 32.1 Å². The van der Waals surface area contributed by atoms with E-state index in [-0.39, 0.29) is 18.3 Å². The van der Waals surface area contributed by atoms with Crippen LogP contribution in [0, 0.1) is 0 Å². The first-order chi connectivity index (χ1) is 8.66. The zero-order valence-electron chi connectivity index (χ0n) is 11.5. The molecule has 19 heavy (non-hydrogen) atoms. The molecule has 1 aliphatic heterocycles. The van der Waals surface area contributed by atoms with Gasteiger partial charge in [-0.15, -0.1) is 12.4 Å². The average Bonchev–Trinajstić information content (AvgIpc) is 2.40. The van der Waals surface area contributed by atoms with Crippen molar-refractivity contribution in [3.05, 3.63) is 29.8 Å². The summed E-state index contributed by atoms with van der Waals surface area (Å²) < 4.78 is 0. The molecule has 1 aliphatic rings. The highest BCUT2D eigenvalue weighted by Crippen LogP contribution is 2.14. The third-order valence-electron chi connectivity index (χ3n) is 3.30. The smallest absolute Gasteiger partial charge is 0.251 e. The molecule has 1 heterocycles. The molecule has 1 saturated heterocycles. The van der Waals surface area contributed by atoms with Crippen LogP contribution in [0.4, 0.5) is 5.69 Å². The molecule has 106 valence electrons. The van der Waals surface area contributed by atoms with Gasteiger partial charge in [-0.1, -0.05) is 6.07 Å². The Kier molecular flexibility index (Phi) is 6.12. The Morgan fingerprint density at radius 3 is 2.63 bits per heavy atom. The van der Waals surface area contributed by atoms with Gasteiger partial charge in [-0.2, -0.15) is 0 Å². The minimum Gasteiger partial charge on any atom is -0.378 e. The molecule has 2 rings (SSSR count). The molecule has 0 unspecified atom stereocenters. The van der Waals surface area contributed by atoms with E-state index in [1.165, 1.54) is 0 Å². The van der Waals surface area contributed by atoms with Crippen LogP contribution in [-0.2, 0) is 0 Å². The normalized spacial score (nSPS) is 15.5. The molecule has 0 spiro atoms. The summed E-state index contributed by atoms with van der Waals surface area (Å²) in [6.07, 6.45) is 2.03. The van der Waals surface area contributed by atoms with Crippen LogP contribution in [0.5, 0.6) is 0 Å². The first kappa shape index (κ1) is 15.8. The molecule has 0 bridgehead atoms. The zero-order valence-corrected chi connectivity index (χ0v) is 12.3. The first-order valence-corrected chi connectivity index (χ1v) is 6.46. The summed E-state index contributed by atoms with van der Waals surface area (Å²) in [6.45, 7) is 1.98. The zero-order chi connectivity index (χ0) is 13.0. The average molecular weight is 284 g/mol. The summed E-state index contributed by atoms with van der Waals surface area (Å²) in [4.78, 5) is 14.1. The highest BCUT2D eigenvalue weighted by molar-refractivity contribution is 5.95. The Bertz CT molecular complexity index is 417. The van der Waals surface area contributed by atoms with Crippen molar-refractivity contribution >= 4 is 24.0 Å². The quantitative estimate of drug-likeness (QED) is 0.887. The maximum atomic E-state index is 12.1. The predicted octanol–water partition coefficient (Wildman–Crippen LogP) is 1.66. The molecule has 0 saturated carbocycles. The Labute approximate surface area is 121 Å². The number of nitrogens with zero attached hydrogens (tertiary/aromatic N) is 1. The highest BCUT2D eigenvalue weighted by atomic mass is 35.5. The maximum absolute atomic E-state index is 12.1. The van der Waals surface area contributed by atoms with Crippen LogP contribution in [-0.4, -0.2) is 39.1 Å². The van der Waals surface area contributed by atoms with Crippen molar-refractivity contribution in [2.45, 2.75) is 18.9 Å². The molecule has 0 aromatic heterocycles. The second kappa shape index (κ2) is 7.36. The van der Waals surface area contributed by atoms with Gasteiger partial charge in [0.1, 0.15) is 0 Å². The lowest BCUT2D eigenvalue weighted by molar-refractivity contribution is 0.0929. The van der Waals surface area contributed by atoms with E-state index in [1.54, 1.807) is 0 Å². The van der Waals surface area contributed by atoms with E-state index in [2.05, 4.69) is 10.6 Å². The number of hydrogen-bond donors (Lipinski definition) is 2. The fourth-order valence-corrected chi connectivity index (χ4v) is 2.16. The Hall–Kier alpha value is -1.26. The molecule has 5 heteroatoms. The summed E-state index contributed by atoms with van der Waals surface area (Å²) >= 11 is 0. The summed E-state index contributed by atoms with van der Waals surface area (Å²) in [5.74, 6) is 0.0330. The SMILES string of the molecule is CN(C)c1cccc(C(=O)NC2CCNCC2)c1.Cl. The minimum atomic E-state index is 0. The molecular weight excluding hydrogens is 262 g/mol. The van der Waals surface area contributed by atoms with Gasteiger partial charge in [-0.25, -0.2) is 0 Å². The molecular formula is C14H22ClN3O. The van der Waals surface area contributed by atoms with E-state index in [0.717, 1.165) is 37.2 Å². The molecule has 1 fully saturated rings. The topological polar surface area (TPSA) is 44.4 Å². The number of hydrogen-bond acceptors (Lipinski definition) is 3. The van der Waals surface area contributed by atoms with Crippen molar-refractivity contribution in [3.8, 4) is 0 Å². The number of halogens is 1. The lowest BCUT2D eigenvalue weighted by Gasteiger charge is -2.24. The lowest BCUT2D eigenvalue weighted by atomic mass is 10.1. The number of piperidine rings is 1. The van der Waals surface area contributed by atoms with Crippen molar-refractivity contribution in [1.29, 1.82) is 0 Å². The number of nitrogens with one attached hydrogen (secondary N) is 2. The number of benzene rings is 1. The molecule has 0 aliphatic carbocycles. The van der Waals surface area contributed by atoms with E-state index in [9.17, 15) is 4.79 Å². The van der Waals surface area contributed by atoms with E-state index >= 15 is 0 Å². The van der Waals surface area contributed by atoms with Crippen LogP contribution in [0.2, 0.25) is 0 Å². The van der Waals surface area contributed by atoms with Gasteiger partial charge in [0.15, 0.2) is 0 Å².